The van der Waals surface area contributed by atoms with Crippen LogP contribution in [-0.2, 0) is 11.3 Å². The maximum Gasteiger partial charge on any atom is 0.224 e. The van der Waals surface area contributed by atoms with E-state index in [0.29, 0.717) is 6.54 Å². The Hall–Kier alpha value is -1.55. The number of amides is 1. The molecule has 1 heterocycles. The fourth-order valence-electron chi connectivity index (χ4n) is 2.56. The van der Waals surface area contributed by atoms with Gasteiger partial charge < -0.3 is 15.0 Å². The summed E-state index contributed by atoms with van der Waals surface area (Å²) in [5, 5.41) is 3.02. The van der Waals surface area contributed by atoms with Gasteiger partial charge in [-0.05, 0) is 32.5 Å². The molecule has 1 aromatic carbocycles. The van der Waals surface area contributed by atoms with Crippen LogP contribution in [0.25, 0.3) is 0 Å². The number of carbonyl (C=O) groups excluding carboxylic acids is 1. The largest absolute Gasteiger partial charge is 0.496 e. The molecule has 0 saturated carbocycles. The lowest BCUT2D eigenvalue weighted by molar-refractivity contribution is -0.126. The van der Waals surface area contributed by atoms with E-state index < -0.39 is 0 Å². The minimum absolute atomic E-state index is 0.119. The van der Waals surface area contributed by atoms with Crippen molar-refractivity contribution in [2.75, 3.05) is 27.2 Å². The Kier molecular flexibility index (Phi) is 4.80. The van der Waals surface area contributed by atoms with Crippen molar-refractivity contribution >= 4 is 5.91 Å². The van der Waals surface area contributed by atoms with Crippen molar-refractivity contribution in [2.24, 2.45) is 5.92 Å². The number of benzene rings is 1. The number of nitrogens with zero attached hydrogens (tertiary/aromatic N) is 1. The summed E-state index contributed by atoms with van der Waals surface area (Å²) in [4.78, 5) is 14.4. The second-order valence-corrected chi connectivity index (χ2v) is 5.13. The summed E-state index contributed by atoms with van der Waals surface area (Å²) in [6, 6.07) is 7.78. The molecule has 1 atom stereocenters. The number of piperidine rings is 1. The number of hydrogen-bond donors (Lipinski definition) is 1. The molecule has 0 bridgehead atoms. The zero-order valence-corrected chi connectivity index (χ0v) is 11.7. The van der Waals surface area contributed by atoms with Crippen molar-refractivity contribution in [1.29, 1.82) is 0 Å². The van der Waals surface area contributed by atoms with Gasteiger partial charge in [0.05, 0.1) is 13.0 Å². The average molecular weight is 262 g/mol. The number of ether oxygens (including phenoxy) is 1. The van der Waals surface area contributed by atoms with Crippen LogP contribution in [0.5, 0.6) is 5.75 Å². The highest BCUT2D eigenvalue weighted by atomic mass is 16.5. The highest BCUT2D eigenvalue weighted by molar-refractivity contribution is 5.79. The fourth-order valence-corrected chi connectivity index (χ4v) is 2.56. The molecule has 1 aromatic rings. The van der Waals surface area contributed by atoms with Gasteiger partial charge in [0.1, 0.15) is 5.75 Å². The Balaban J connectivity index is 1.89. The van der Waals surface area contributed by atoms with Gasteiger partial charge in [-0.15, -0.1) is 0 Å². The van der Waals surface area contributed by atoms with E-state index in [2.05, 4.69) is 17.3 Å². The van der Waals surface area contributed by atoms with Crippen molar-refractivity contribution in [3.63, 3.8) is 0 Å². The highest BCUT2D eigenvalue weighted by Crippen LogP contribution is 2.18. The van der Waals surface area contributed by atoms with Crippen molar-refractivity contribution in [2.45, 2.75) is 19.4 Å². The van der Waals surface area contributed by atoms with Crippen LogP contribution in [0.2, 0.25) is 0 Å². The van der Waals surface area contributed by atoms with Crippen LogP contribution < -0.4 is 10.1 Å². The monoisotopic (exact) mass is 262 g/mol. The molecular formula is C15H22N2O2. The van der Waals surface area contributed by atoms with Crippen LogP contribution in [0.1, 0.15) is 18.4 Å². The zero-order valence-electron chi connectivity index (χ0n) is 11.7. The third-order valence-electron chi connectivity index (χ3n) is 3.64. The van der Waals surface area contributed by atoms with Crippen molar-refractivity contribution in [3.05, 3.63) is 29.8 Å². The molecule has 2 rings (SSSR count). The Morgan fingerprint density at radius 3 is 3.00 bits per heavy atom. The molecule has 4 heteroatoms. The molecule has 0 radical (unpaired) electrons. The first kappa shape index (κ1) is 13.9. The Bertz CT molecular complexity index is 434. The Morgan fingerprint density at radius 2 is 2.26 bits per heavy atom. The van der Waals surface area contributed by atoms with Crippen LogP contribution in [0, 0.1) is 5.92 Å². The predicted octanol–water partition coefficient (Wildman–Crippen LogP) is 1.65. The van der Waals surface area contributed by atoms with Crippen molar-refractivity contribution in [3.8, 4) is 5.75 Å². The van der Waals surface area contributed by atoms with Crippen molar-refractivity contribution < 1.29 is 9.53 Å². The van der Waals surface area contributed by atoms with E-state index in [1.54, 1.807) is 7.11 Å². The summed E-state index contributed by atoms with van der Waals surface area (Å²) in [6.07, 6.45) is 2.09. The molecule has 1 fully saturated rings. The molecule has 1 saturated heterocycles. The third kappa shape index (κ3) is 3.70. The van der Waals surface area contributed by atoms with Gasteiger partial charge in [-0.1, -0.05) is 18.2 Å². The van der Waals surface area contributed by atoms with Crippen molar-refractivity contribution in [1.82, 2.24) is 10.2 Å². The summed E-state index contributed by atoms with van der Waals surface area (Å²) >= 11 is 0. The van der Waals surface area contributed by atoms with Crippen LogP contribution in [-0.4, -0.2) is 38.1 Å². The minimum Gasteiger partial charge on any atom is -0.496 e. The maximum absolute atomic E-state index is 12.1. The molecule has 0 aromatic heterocycles. The van der Waals surface area contributed by atoms with E-state index >= 15 is 0 Å². The van der Waals surface area contributed by atoms with Gasteiger partial charge in [-0.25, -0.2) is 0 Å². The summed E-state index contributed by atoms with van der Waals surface area (Å²) in [6.45, 7) is 2.48. The van der Waals surface area contributed by atoms with E-state index in [4.69, 9.17) is 4.74 Å². The topological polar surface area (TPSA) is 41.6 Å². The van der Waals surface area contributed by atoms with Gasteiger partial charge in [0.15, 0.2) is 0 Å². The number of methoxy groups -OCH3 is 1. The molecule has 0 unspecified atom stereocenters. The van der Waals surface area contributed by atoms with Crippen LogP contribution in [0.3, 0.4) is 0 Å². The molecule has 1 N–H and O–H groups in total. The molecule has 104 valence electrons. The number of rotatable bonds is 4. The average Bonchev–Trinajstić information content (AvgIpc) is 2.45. The molecule has 1 aliphatic rings. The smallest absolute Gasteiger partial charge is 0.224 e. The molecule has 0 spiro atoms. The van der Waals surface area contributed by atoms with Crippen LogP contribution in [0.15, 0.2) is 24.3 Å². The number of carbonyl (C=O) groups is 1. The van der Waals surface area contributed by atoms with Crippen LogP contribution in [0.4, 0.5) is 0 Å². The number of nitrogens with one attached hydrogen (secondary N) is 1. The first-order chi connectivity index (χ1) is 9.20. The maximum atomic E-state index is 12.1. The lowest BCUT2D eigenvalue weighted by atomic mass is 9.97. The van der Waals surface area contributed by atoms with Gasteiger partial charge >= 0.3 is 0 Å². The summed E-state index contributed by atoms with van der Waals surface area (Å²) < 4.78 is 5.28. The summed E-state index contributed by atoms with van der Waals surface area (Å²) in [5.74, 6) is 1.09. The molecule has 19 heavy (non-hydrogen) atoms. The summed E-state index contributed by atoms with van der Waals surface area (Å²) in [7, 11) is 3.72. The molecule has 4 nitrogen and oxygen atoms in total. The Labute approximate surface area is 114 Å². The molecule has 1 aliphatic heterocycles. The second-order valence-electron chi connectivity index (χ2n) is 5.13. The standard InChI is InChI=1S/C15H22N2O2/c1-17-9-5-7-13(11-17)15(18)16-10-12-6-3-4-8-14(12)19-2/h3-4,6,8,13H,5,7,9-11H2,1-2H3,(H,16,18)/t13-/m1/s1. The predicted molar refractivity (Wildman–Crippen MR) is 75.1 cm³/mol. The van der Waals surface area contributed by atoms with Crippen LogP contribution >= 0.6 is 0 Å². The summed E-state index contributed by atoms with van der Waals surface area (Å²) in [5.41, 5.74) is 1.02. The second kappa shape index (κ2) is 6.57. The van der Waals surface area contributed by atoms with E-state index in [9.17, 15) is 4.79 Å². The van der Waals surface area contributed by atoms with E-state index in [-0.39, 0.29) is 11.8 Å². The van der Waals surface area contributed by atoms with Gasteiger partial charge in [-0.2, -0.15) is 0 Å². The molecule has 0 aliphatic carbocycles. The van der Waals surface area contributed by atoms with E-state index in [0.717, 1.165) is 37.2 Å². The quantitative estimate of drug-likeness (QED) is 0.897. The number of para-hydroxylation sites is 1. The Morgan fingerprint density at radius 1 is 1.47 bits per heavy atom. The first-order valence-electron chi connectivity index (χ1n) is 6.79. The molecular weight excluding hydrogens is 240 g/mol. The van der Waals surface area contributed by atoms with Gasteiger partial charge in [0.2, 0.25) is 5.91 Å². The number of likely N-dealkylation sites (tertiary alicyclic amines) is 1. The third-order valence-corrected chi connectivity index (χ3v) is 3.64. The normalized spacial score (nSPS) is 20.0. The first-order valence-corrected chi connectivity index (χ1v) is 6.79. The fraction of sp³-hybridized carbons (Fsp3) is 0.533. The van der Waals surface area contributed by atoms with Gasteiger partial charge in [0.25, 0.3) is 0 Å². The highest BCUT2D eigenvalue weighted by Gasteiger charge is 2.23. The lowest BCUT2D eigenvalue weighted by Crippen LogP contribution is -2.41. The lowest BCUT2D eigenvalue weighted by Gasteiger charge is -2.28. The SMILES string of the molecule is COc1ccccc1CNC(=O)[C@@H]1CCCN(C)C1. The van der Waals surface area contributed by atoms with Gasteiger partial charge in [0, 0.05) is 18.7 Å². The van der Waals surface area contributed by atoms with E-state index in [1.165, 1.54) is 0 Å². The number of hydrogen-bond acceptors (Lipinski definition) is 3. The molecule has 1 amide bonds. The zero-order chi connectivity index (χ0) is 13.7. The van der Waals surface area contributed by atoms with E-state index in [1.807, 2.05) is 24.3 Å². The van der Waals surface area contributed by atoms with Gasteiger partial charge in [-0.3, -0.25) is 4.79 Å². The minimum atomic E-state index is 0.119.